The second-order valence-corrected chi connectivity index (χ2v) is 19.9. The summed E-state index contributed by atoms with van der Waals surface area (Å²) in [6, 6.07) is 3.51. The summed E-state index contributed by atoms with van der Waals surface area (Å²) in [7, 11) is 8.05. The SMILES string of the molecule is CC(C)c1nsc(-c2cnn(C)c2C(=O)CO)n1.Cc1ccnc(-c2cnn(C)c2C(=O)CO)n1.Cc1ccnc(-c2cnn(C)c2C(=O)[O-])n1.Cc1cnc(-c2cnn(C)c2C(=O)CO)s1.Cc1cncc(-c2cnn(C)c2C(=O)[O-])n1.[Na+].[Na+]. The molecule has 0 radical (unpaired) electrons. The maximum atomic E-state index is 11.7. The number of hydrogen-bond donors (Lipinski definition) is 3. The monoisotopic (exact) mass is 1220 g/mol. The van der Waals surface area contributed by atoms with Gasteiger partial charge in [-0.05, 0) is 51.4 Å². The number of carbonyl (C=O) groups is 5. The molecule has 10 heterocycles. The quantitative estimate of drug-likeness (QED) is 0.0685. The number of ketones is 3. The Labute approximate surface area is 537 Å². The average molecular weight is 1220 g/mol. The predicted octanol–water partition coefficient (Wildman–Crippen LogP) is -4.27. The molecular weight excluding hydrogens is 1160 g/mol. The van der Waals surface area contributed by atoms with E-state index in [1.807, 2.05) is 27.7 Å². The number of rotatable bonds is 14. The zero-order valence-corrected chi connectivity index (χ0v) is 54.3. The maximum absolute atomic E-state index is 11.7. The second-order valence-electron chi connectivity index (χ2n) is 17.9. The number of carbonyl (C=O) groups excluding carboxylic acids is 5. The number of aromatic carboxylic acids is 2. The number of Topliss-reactive ketones (excluding diaryl/α,β-unsaturated/α-hetero) is 3. The van der Waals surface area contributed by atoms with Gasteiger partial charge < -0.3 is 35.1 Å². The maximum Gasteiger partial charge on any atom is 1.00 e. The van der Waals surface area contributed by atoms with Gasteiger partial charge in [-0.3, -0.25) is 42.8 Å². The molecule has 0 aliphatic heterocycles. The van der Waals surface area contributed by atoms with Crippen LogP contribution in [0.3, 0.4) is 0 Å². The van der Waals surface area contributed by atoms with E-state index in [2.05, 4.69) is 69.7 Å². The summed E-state index contributed by atoms with van der Waals surface area (Å²) in [6.07, 6.45) is 15.6. The van der Waals surface area contributed by atoms with Crippen LogP contribution in [0, 0.1) is 27.7 Å². The standard InChI is InChI=1S/C11H14N4O2S.C11H12N4O2.2C10H10N4O2.C10H11N3O2S.2Na/c1-6(2)10-13-11(18-14-10)7-4-12-15(3)9(7)8(17)5-16;1-7-3-4-12-11(14-7)8-5-13-15(2)10(8)9(17)6-16;1-6-3-11-5-8(13-6)7-4-12-14(2)9(7)10(15)16;1-6-3-4-11-9(13-6)7-5-12-14(2)8(7)10(15)16;1-6-3-11-10(16-6)7-4-12-13(2)9(7)8(15)5-14;;/h4,6,16H,5H2,1-3H3;3-5,16H,6H2,1-2H3;2*3-5H,1-2H3,(H,15,16);3-4,14H,5H2,1-2H3;;/q;;;;;2*+1/p-2. The molecule has 0 bridgehead atoms. The van der Waals surface area contributed by atoms with Crippen LogP contribution in [0.5, 0.6) is 0 Å². The van der Waals surface area contributed by atoms with Crippen molar-refractivity contribution in [2.75, 3.05) is 19.8 Å². The molecule has 0 aromatic carbocycles. The van der Waals surface area contributed by atoms with E-state index in [0.717, 1.165) is 27.1 Å². The Morgan fingerprint density at radius 2 is 0.894 bits per heavy atom. The summed E-state index contributed by atoms with van der Waals surface area (Å²) in [6.45, 7) is 9.79. The first-order chi connectivity index (χ1) is 39.5. The van der Waals surface area contributed by atoms with Gasteiger partial charge in [-0.1, -0.05) is 13.8 Å². The molecule has 0 saturated carbocycles. The van der Waals surface area contributed by atoms with Crippen LogP contribution in [0.2, 0.25) is 0 Å². The zero-order chi connectivity index (χ0) is 60.8. The minimum Gasteiger partial charge on any atom is -0.543 e. The minimum absolute atomic E-state index is 0. The van der Waals surface area contributed by atoms with Gasteiger partial charge in [0.1, 0.15) is 52.7 Å². The van der Waals surface area contributed by atoms with E-state index >= 15 is 0 Å². The second kappa shape index (κ2) is 32.0. The molecule has 0 spiro atoms. The third-order valence-corrected chi connectivity index (χ3v) is 13.2. The van der Waals surface area contributed by atoms with Gasteiger partial charge in [0.05, 0.1) is 94.1 Å². The van der Waals surface area contributed by atoms with Crippen molar-refractivity contribution in [2.24, 2.45) is 35.2 Å². The summed E-state index contributed by atoms with van der Waals surface area (Å²) in [5, 5.41) is 69.9. The van der Waals surface area contributed by atoms with E-state index in [0.29, 0.717) is 72.9 Å². The number of aryl methyl sites for hydroxylation is 9. The van der Waals surface area contributed by atoms with Crippen molar-refractivity contribution in [1.29, 1.82) is 0 Å². The largest absolute Gasteiger partial charge is 1.00 e. The zero-order valence-electron chi connectivity index (χ0n) is 48.6. The average Bonchev–Trinajstić information content (AvgIpc) is 4.08. The van der Waals surface area contributed by atoms with Gasteiger partial charge in [0.2, 0.25) is 17.3 Å². The van der Waals surface area contributed by atoms with Crippen molar-refractivity contribution < 1.29 is 109 Å². The molecular formula is C52H55N19Na2O10S2. The number of carboxylic acids is 2. The molecule has 0 aliphatic rings. The van der Waals surface area contributed by atoms with Gasteiger partial charge >= 0.3 is 59.1 Å². The van der Waals surface area contributed by atoms with Crippen molar-refractivity contribution in [1.82, 2.24) is 93.1 Å². The minimum atomic E-state index is -1.29. The van der Waals surface area contributed by atoms with Crippen LogP contribution in [0.15, 0.2) is 74.1 Å². The molecule has 85 heavy (non-hydrogen) atoms. The van der Waals surface area contributed by atoms with Crippen molar-refractivity contribution in [2.45, 2.75) is 47.5 Å². The molecule has 432 valence electrons. The molecule has 0 fully saturated rings. The first-order valence-corrected chi connectivity index (χ1v) is 26.2. The Morgan fingerprint density at radius 3 is 1.28 bits per heavy atom. The van der Waals surface area contributed by atoms with Crippen molar-refractivity contribution in [3.05, 3.63) is 130 Å². The fraction of sp³-hybridized carbons (Fsp3) is 0.288. The molecule has 0 unspecified atom stereocenters. The Kier molecular flexibility index (Phi) is 26.3. The van der Waals surface area contributed by atoms with Crippen molar-refractivity contribution in [3.63, 3.8) is 0 Å². The Bertz CT molecular complexity index is 3840. The van der Waals surface area contributed by atoms with Gasteiger partial charge in [0.25, 0.3) is 0 Å². The van der Waals surface area contributed by atoms with Gasteiger partial charge in [-0.15, -0.1) is 11.3 Å². The van der Waals surface area contributed by atoms with E-state index < -0.39 is 37.5 Å². The number of aliphatic hydroxyl groups is 3. The van der Waals surface area contributed by atoms with E-state index in [-0.39, 0.29) is 88.0 Å². The molecule has 33 heteroatoms. The molecule has 0 aliphatic carbocycles. The Balaban J connectivity index is 0.000000227. The number of hydrogen-bond acceptors (Lipinski definition) is 26. The third kappa shape index (κ3) is 17.5. The Hall–Kier alpha value is -7.69. The first kappa shape index (κ1) is 69.8. The smallest absolute Gasteiger partial charge is 0.543 e. The van der Waals surface area contributed by atoms with Crippen LogP contribution in [-0.4, -0.2) is 158 Å². The molecule has 10 rings (SSSR count). The van der Waals surface area contributed by atoms with Crippen LogP contribution >= 0.6 is 22.9 Å². The number of aromatic nitrogens is 19. The summed E-state index contributed by atoms with van der Waals surface area (Å²) in [5.74, 6) is -1.91. The van der Waals surface area contributed by atoms with Gasteiger partial charge in [-0.2, -0.15) is 29.9 Å². The van der Waals surface area contributed by atoms with Gasteiger partial charge in [0, 0.05) is 87.8 Å². The van der Waals surface area contributed by atoms with E-state index in [1.165, 1.54) is 85.2 Å². The van der Waals surface area contributed by atoms with E-state index in [4.69, 9.17) is 15.3 Å². The number of nitrogens with zero attached hydrogens (tertiary/aromatic N) is 19. The van der Waals surface area contributed by atoms with Crippen molar-refractivity contribution >= 4 is 52.2 Å². The molecule has 10 aromatic rings. The fourth-order valence-electron chi connectivity index (χ4n) is 7.52. The third-order valence-electron chi connectivity index (χ3n) is 11.4. The summed E-state index contributed by atoms with van der Waals surface area (Å²) >= 11 is 2.74. The number of thiazole rings is 1. The number of aliphatic hydroxyl groups excluding tert-OH is 3. The van der Waals surface area contributed by atoms with Crippen LogP contribution in [0.25, 0.3) is 55.2 Å². The molecule has 10 aromatic heterocycles. The molecule has 0 saturated heterocycles. The van der Waals surface area contributed by atoms with Crippen LogP contribution in [-0.2, 0) is 35.2 Å². The van der Waals surface area contributed by atoms with Gasteiger partial charge in [-0.25, -0.2) is 34.9 Å². The van der Waals surface area contributed by atoms with E-state index in [1.54, 1.807) is 84.3 Å². The first-order valence-electron chi connectivity index (χ1n) is 24.6. The Morgan fingerprint density at radius 1 is 0.494 bits per heavy atom. The summed E-state index contributed by atoms with van der Waals surface area (Å²) in [5.41, 5.74) is 6.45. The molecule has 29 nitrogen and oxygen atoms in total. The molecule has 0 amide bonds. The van der Waals surface area contributed by atoms with Gasteiger partial charge in [0.15, 0.2) is 11.6 Å². The number of carboxylic acid groups (broad SMARTS) is 2. The van der Waals surface area contributed by atoms with Crippen LogP contribution < -0.4 is 69.3 Å². The van der Waals surface area contributed by atoms with Crippen LogP contribution in [0.1, 0.15) is 100.0 Å². The van der Waals surface area contributed by atoms with Crippen molar-refractivity contribution in [3.8, 4) is 55.2 Å². The van der Waals surface area contributed by atoms with E-state index in [9.17, 15) is 34.2 Å². The molecule has 3 N–H and O–H groups in total. The predicted molar refractivity (Wildman–Crippen MR) is 295 cm³/mol. The van der Waals surface area contributed by atoms with Crippen LogP contribution in [0.4, 0.5) is 0 Å². The topological polar surface area (TPSA) is 397 Å². The fourth-order valence-corrected chi connectivity index (χ4v) is 9.11. The normalized spacial score (nSPS) is 10.4. The summed E-state index contributed by atoms with van der Waals surface area (Å²) in [4.78, 5) is 91.0. The molecule has 0 atom stereocenters. The summed E-state index contributed by atoms with van der Waals surface area (Å²) < 4.78 is 11.1.